The summed E-state index contributed by atoms with van der Waals surface area (Å²) in [4.78, 5) is 9.07. The van der Waals surface area contributed by atoms with Gasteiger partial charge in [-0.05, 0) is 26.0 Å². The molecule has 1 N–H and O–H groups in total. The number of aromatic nitrogens is 2. The molecule has 0 atom stereocenters. The van der Waals surface area contributed by atoms with Crippen LogP contribution >= 0.6 is 0 Å². The van der Waals surface area contributed by atoms with E-state index in [-0.39, 0.29) is 0 Å². The van der Waals surface area contributed by atoms with Crippen molar-refractivity contribution >= 4 is 5.82 Å². The number of anilines is 1. The summed E-state index contributed by atoms with van der Waals surface area (Å²) in [5, 5.41) is 3.25. The number of hydrogen-bond donors (Lipinski definition) is 1. The van der Waals surface area contributed by atoms with Gasteiger partial charge in [-0.25, -0.2) is 9.97 Å². The molecular formula is C16H21N3O. The van der Waals surface area contributed by atoms with Crippen molar-refractivity contribution in [2.24, 2.45) is 0 Å². The van der Waals surface area contributed by atoms with Crippen molar-refractivity contribution in [2.75, 3.05) is 18.5 Å². The van der Waals surface area contributed by atoms with E-state index in [1.54, 1.807) is 0 Å². The van der Waals surface area contributed by atoms with Gasteiger partial charge in [0.15, 0.2) is 0 Å². The molecule has 0 unspecified atom stereocenters. The highest BCUT2D eigenvalue weighted by atomic mass is 16.5. The quantitative estimate of drug-likeness (QED) is 0.873. The first-order chi connectivity index (χ1) is 9.76. The van der Waals surface area contributed by atoms with Gasteiger partial charge in [-0.15, -0.1) is 0 Å². The normalized spacial score (nSPS) is 10.3. The minimum Gasteiger partial charge on any atom is -0.494 e. The highest BCUT2D eigenvalue weighted by Crippen LogP contribution is 2.24. The van der Waals surface area contributed by atoms with Gasteiger partial charge in [0.25, 0.3) is 0 Å². The Hall–Kier alpha value is -2.10. The van der Waals surface area contributed by atoms with Crippen LogP contribution in [0.5, 0.6) is 5.75 Å². The first kappa shape index (κ1) is 14.3. The lowest BCUT2D eigenvalue weighted by Crippen LogP contribution is -2.04. The molecule has 0 fully saturated rings. The van der Waals surface area contributed by atoms with E-state index in [4.69, 9.17) is 4.74 Å². The van der Waals surface area contributed by atoms with Gasteiger partial charge in [-0.1, -0.05) is 19.1 Å². The highest BCUT2D eigenvalue weighted by Gasteiger charge is 2.06. The van der Waals surface area contributed by atoms with Crippen LogP contribution in [0.2, 0.25) is 0 Å². The van der Waals surface area contributed by atoms with Crippen LogP contribution < -0.4 is 10.1 Å². The first-order valence-corrected chi connectivity index (χ1v) is 7.11. The summed E-state index contributed by atoms with van der Waals surface area (Å²) >= 11 is 0. The van der Waals surface area contributed by atoms with E-state index in [9.17, 15) is 0 Å². The van der Waals surface area contributed by atoms with E-state index in [2.05, 4.69) is 29.1 Å². The third kappa shape index (κ3) is 3.47. The van der Waals surface area contributed by atoms with Gasteiger partial charge in [0.1, 0.15) is 17.4 Å². The van der Waals surface area contributed by atoms with Gasteiger partial charge in [-0.2, -0.15) is 0 Å². The molecule has 106 valence electrons. The van der Waals surface area contributed by atoms with E-state index < -0.39 is 0 Å². The van der Waals surface area contributed by atoms with Crippen molar-refractivity contribution in [3.63, 3.8) is 0 Å². The zero-order valence-electron chi connectivity index (χ0n) is 12.3. The molecule has 4 nitrogen and oxygen atoms in total. The minimum atomic E-state index is 0.663. The molecule has 0 saturated carbocycles. The van der Waals surface area contributed by atoms with Gasteiger partial charge >= 0.3 is 0 Å². The summed E-state index contributed by atoms with van der Waals surface area (Å²) in [5.74, 6) is 2.59. The van der Waals surface area contributed by atoms with Crippen LogP contribution in [-0.2, 0) is 6.42 Å². The largest absolute Gasteiger partial charge is 0.494 e. The van der Waals surface area contributed by atoms with E-state index >= 15 is 0 Å². The SMILES string of the molecule is CCNc1cc(-c2cccc(OCC)c2)nc(CC)n1. The molecule has 1 aromatic heterocycles. The Balaban J connectivity index is 2.39. The third-order valence-corrected chi connectivity index (χ3v) is 2.89. The second kappa shape index (κ2) is 6.89. The standard InChI is InChI=1S/C16H21N3O/c1-4-15-18-14(11-16(19-15)17-5-2)12-8-7-9-13(10-12)20-6-3/h7-11H,4-6H2,1-3H3,(H,17,18,19). The molecule has 0 amide bonds. The lowest BCUT2D eigenvalue weighted by atomic mass is 10.1. The predicted octanol–water partition coefficient (Wildman–Crippen LogP) is 3.54. The summed E-state index contributed by atoms with van der Waals surface area (Å²) in [5.41, 5.74) is 1.97. The lowest BCUT2D eigenvalue weighted by molar-refractivity contribution is 0.340. The highest BCUT2D eigenvalue weighted by molar-refractivity contribution is 5.64. The molecule has 4 heteroatoms. The molecular weight excluding hydrogens is 250 g/mol. The molecule has 1 heterocycles. The number of ether oxygens (including phenoxy) is 1. The Morgan fingerprint density at radius 1 is 1.10 bits per heavy atom. The molecule has 1 aromatic carbocycles. The monoisotopic (exact) mass is 271 g/mol. The Labute approximate surface area is 120 Å². The van der Waals surface area contributed by atoms with Gasteiger partial charge in [-0.3, -0.25) is 0 Å². The average Bonchev–Trinajstić information content (AvgIpc) is 2.48. The first-order valence-electron chi connectivity index (χ1n) is 7.11. The fourth-order valence-corrected chi connectivity index (χ4v) is 1.99. The maximum Gasteiger partial charge on any atom is 0.131 e. The summed E-state index contributed by atoms with van der Waals surface area (Å²) in [7, 11) is 0. The van der Waals surface area contributed by atoms with Crippen LogP contribution in [0.15, 0.2) is 30.3 Å². The van der Waals surface area contributed by atoms with Crippen molar-refractivity contribution in [3.05, 3.63) is 36.2 Å². The molecule has 0 saturated heterocycles. The molecule has 0 bridgehead atoms. The molecule has 0 radical (unpaired) electrons. The second-order valence-electron chi connectivity index (χ2n) is 4.40. The van der Waals surface area contributed by atoms with E-state index in [0.717, 1.165) is 41.6 Å². The van der Waals surface area contributed by atoms with Gasteiger partial charge in [0.2, 0.25) is 0 Å². The van der Waals surface area contributed by atoms with Crippen LogP contribution in [0.25, 0.3) is 11.3 Å². The summed E-state index contributed by atoms with van der Waals surface area (Å²) in [6.07, 6.45) is 0.817. The zero-order chi connectivity index (χ0) is 14.4. The van der Waals surface area contributed by atoms with E-state index in [1.807, 2.05) is 37.3 Å². The Bertz CT molecular complexity index is 569. The van der Waals surface area contributed by atoms with Crippen molar-refractivity contribution < 1.29 is 4.74 Å². The van der Waals surface area contributed by atoms with Crippen LogP contribution in [0.3, 0.4) is 0 Å². The summed E-state index contributed by atoms with van der Waals surface area (Å²) in [6.45, 7) is 7.61. The lowest BCUT2D eigenvalue weighted by Gasteiger charge is -2.09. The molecule has 0 aliphatic carbocycles. The predicted molar refractivity (Wildman–Crippen MR) is 82.2 cm³/mol. The van der Waals surface area contributed by atoms with Crippen molar-refractivity contribution in [2.45, 2.75) is 27.2 Å². The van der Waals surface area contributed by atoms with E-state index in [0.29, 0.717) is 6.61 Å². The topological polar surface area (TPSA) is 47.0 Å². The van der Waals surface area contributed by atoms with Crippen molar-refractivity contribution in [1.82, 2.24) is 9.97 Å². The second-order valence-corrected chi connectivity index (χ2v) is 4.40. The van der Waals surface area contributed by atoms with Crippen molar-refractivity contribution in [3.8, 4) is 17.0 Å². The number of nitrogens with one attached hydrogen (secondary N) is 1. The van der Waals surface area contributed by atoms with E-state index in [1.165, 1.54) is 0 Å². The van der Waals surface area contributed by atoms with Crippen LogP contribution in [0.4, 0.5) is 5.82 Å². The van der Waals surface area contributed by atoms with Crippen LogP contribution in [0.1, 0.15) is 26.6 Å². The Morgan fingerprint density at radius 3 is 2.65 bits per heavy atom. The molecule has 2 aromatic rings. The fourth-order valence-electron chi connectivity index (χ4n) is 1.99. The summed E-state index contributed by atoms with van der Waals surface area (Å²) in [6, 6.07) is 9.98. The van der Waals surface area contributed by atoms with Gasteiger partial charge < -0.3 is 10.1 Å². The number of benzene rings is 1. The summed E-state index contributed by atoms with van der Waals surface area (Å²) < 4.78 is 5.54. The molecule has 0 aliphatic heterocycles. The third-order valence-electron chi connectivity index (χ3n) is 2.89. The molecule has 0 aliphatic rings. The maximum atomic E-state index is 5.54. The zero-order valence-corrected chi connectivity index (χ0v) is 12.3. The Morgan fingerprint density at radius 2 is 1.95 bits per heavy atom. The minimum absolute atomic E-state index is 0.663. The average molecular weight is 271 g/mol. The molecule has 2 rings (SSSR count). The smallest absolute Gasteiger partial charge is 0.131 e. The van der Waals surface area contributed by atoms with Crippen LogP contribution in [-0.4, -0.2) is 23.1 Å². The van der Waals surface area contributed by atoms with Gasteiger partial charge in [0.05, 0.1) is 12.3 Å². The number of aryl methyl sites for hydroxylation is 1. The molecule has 20 heavy (non-hydrogen) atoms. The fraction of sp³-hybridized carbons (Fsp3) is 0.375. The number of nitrogens with zero attached hydrogens (tertiary/aromatic N) is 2. The molecule has 0 spiro atoms. The number of hydrogen-bond acceptors (Lipinski definition) is 4. The maximum absolute atomic E-state index is 5.54. The van der Waals surface area contributed by atoms with Gasteiger partial charge in [0, 0.05) is 24.6 Å². The van der Waals surface area contributed by atoms with Crippen molar-refractivity contribution in [1.29, 1.82) is 0 Å². The number of rotatable bonds is 6. The Kier molecular flexibility index (Phi) is 4.93. The van der Waals surface area contributed by atoms with Crippen LogP contribution in [0, 0.1) is 0 Å².